The zero-order valence-electron chi connectivity index (χ0n) is 14.9. The summed E-state index contributed by atoms with van der Waals surface area (Å²) in [6.07, 6.45) is 0.647. The number of nitrogens with zero attached hydrogens (tertiary/aromatic N) is 1. The molecule has 1 amide bonds. The second kappa shape index (κ2) is 9.14. The first-order chi connectivity index (χ1) is 10.7. The maximum absolute atomic E-state index is 12.0. The third-order valence-electron chi connectivity index (χ3n) is 3.44. The van der Waals surface area contributed by atoms with Gasteiger partial charge in [0.25, 0.3) is 0 Å². The second-order valence-corrected chi connectivity index (χ2v) is 7.10. The van der Waals surface area contributed by atoms with E-state index in [1.165, 1.54) is 11.1 Å². The number of hydrogen-bond donors (Lipinski definition) is 1. The highest BCUT2D eigenvalue weighted by Crippen LogP contribution is 2.15. The number of ether oxygens (including phenoxy) is 1. The molecule has 0 saturated carbocycles. The van der Waals surface area contributed by atoms with Crippen molar-refractivity contribution in [2.45, 2.75) is 53.2 Å². The molecule has 0 unspecified atom stereocenters. The van der Waals surface area contributed by atoms with Crippen LogP contribution >= 0.6 is 11.6 Å². The van der Waals surface area contributed by atoms with Crippen molar-refractivity contribution < 1.29 is 9.53 Å². The molecular formula is C18H29ClN2O2. The number of halogens is 1. The largest absolute Gasteiger partial charge is 0.444 e. The molecule has 0 atom stereocenters. The lowest BCUT2D eigenvalue weighted by Gasteiger charge is -2.26. The van der Waals surface area contributed by atoms with Crippen LogP contribution in [0.1, 0.15) is 45.2 Å². The molecule has 0 fully saturated rings. The third-order valence-corrected chi connectivity index (χ3v) is 3.67. The van der Waals surface area contributed by atoms with Crippen LogP contribution in [0.15, 0.2) is 18.2 Å². The number of aryl methyl sites for hydroxylation is 1. The van der Waals surface area contributed by atoms with Crippen molar-refractivity contribution in [1.82, 2.24) is 10.2 Å². The summed E-state index contributed by atoms with van der Waals surface area (Å²) in [5.74, 6) is 0. The molecule has 0 aliphatic rings. The van der Waals surface area contributed by atoms with Gasteiger partial charge in [0.15, 0.2) is 0 Å². The van der Waals surface area contributed by atoms with E-state index < -0.39 is 5.60 Å². The van der Waals surface area contributed by atoms with E-state index in [0.29, 0.717) is 13.1 Å². The molecule has 0 saturated heterocycles. The van der Waals surface area contributed by atoms with E-state index in [-0.39, 0.29) is 6.09 Å². The maximum Gasteiger partial charge on any atom is 0.410 e. The van der Waals surface area contributed by atoms with Crippen LogP contribution in [0.5, 0.6) is 0 Å². The van der Waals surface area contributed by atoms with Gasteiger partial charge in [-0.15, -0.1) is 0 Å². The van der Waals surface area contributed by atoms with E-state index in [9.17, 15) is 4.79 Å². The van der Waals surface area contributed by atoms with Gasteiger partial charge in [-0.3, -0.25) is 0 Å². The maximum atomic E-state index is 12.0. The minimum absolute atomic E-state index is 0.242. The number of amides is 1. The Balaban J connectivity index is 2.31. The highest BCUT2D eigenvalue weighted by molar-refractivity contribution is 6.30. The summed E-state index contributed by atoms with van der Waals surface area (Å²) in [5.41, 5.74) is 1.98. The van der Waals surface area contributed by atoms with Crippen LogP contribution in [-0.4, -0.2) is 36.2 Å². The fourth-order valence-electron chi connectivity index (χ4n) is 2.18. The minimum atomic E-state index is -0.450. The highest BCUT2D eigenvalue weighted by Gasteiger charge is 2.20. The summed E-state index contributed by atoms with van der Waals surface area (Å²) in [5, 5.41) is 4.17. The second-order valence-electron chi connectivity index (χ2n) is 6.66. The standard InChI is InChI=1S/C18H29ClN2O2/c1-6-21(17(22)23-18(3,4)5)11-7-10-20-13-15-8-9-16(19)12-14(15)2/h8-9,12,20H,6-7,10-11,13H2,1-5H3. The monoisotopic (exact) mass is 340 g/mol. The Labute approximate surface area is 145 Å². The lowest BCUT2D eigenvalue weighted by Crippen LogP contribution is -2.38. The van der Waals surface area contributed by atoms with Crippen molar-refractivity contribution in [2.24, 2.45) is 0 Å². The first-order valence-electron chi connectivity index (χ1n) is 8.16. The van der Waals surface area contributed by atoms with E-state index in [4.69, 9.17) is 16.3 Å². The van der Waals surface area contributed by atoms with Gasteiger partial charge in [-0.05, 0) is 70.8 Å². The average molecular weight is 341 g/mol. The lowest BCUT2D eigenvalue weighted by atomic mass is 10.1. The summed E-state index contributed by atoms with van der Waals surface area (Å²) in [6, 6.07) is 5.93. The summed E-state index contributed by atoms with van der Waals surface area (Å²) >= 11 is 5.96. The molecule has 0 radical (unpaired) electrons. The predicted octanol–water partition coefficient (Wildman–Crippen LogP) is 4.39. The molecule has 0 aromatic heterocycles. The van der Waals surface area contributed by atoms with Crippen molar-refractivity contribution in [3.63, 3.8) is 0 Å². The first-order valence-corrected chi connectivity index (χ1v) is 8.54. The molecule has 130 valence electrons. The average Bonchev–Trinajstić information content (AvgIpc) is 2.42. The van der Waals surface area contributed by atoms with Crippen molar-refractivity contribution in [3.05, 3.63) is 34.3 Å². The molecule has 23 heavy (non-hydrogen) atoms. The van der Waals surface area contributed by atoms with Gasteiger partial charge in [-0.2, -0.15) is 0 Å². The molecule has 5 heteroatoms. The fourth-order valence-corrected chi connectivity index (χ4v) is 2.41. The van der Waals surface area contributed by atoms with Crippen LogP contribution in [0, 0.1) is 6.92 Å². The molecule has 1 aromatic rings. The molecule has 1 N–H and O–H groups in total. The van der Waals surface area contributed by atoms with Crippen LogP contribution in [0.25, 0.3) is 0 Å². The zero-order valence-corrected chi connectivity index (χ0v) is 15.7. The smallest absolute Gasteiger partial charge is 0.410 e. The normalized spacial score (nSPS) is 11.4. The zero-order chi connectivity index (χ0) is 17.5. The first kappa shape index (κ1) is 19.8. The molecule has 1 aromatic carbocycles. The number of hydrogen-bond acceptors (Lipinski definition) is 3. The minimum Gasteiger partial charge on any atom is -0.444 e. The Kier molecular flexibility index (Phi) is 7.86. The van der Waals surface area contributed by atoms with Gasteiger partial charge in [0.05, 0.1) is 0 Å². The number of benzene rings is 1. The molecule has 4 nitrogen and oxygen atoms in total. The SMILES string of the molecule is CCN(CCCNCc1ccc(Cl)cc1C)C(=O)OC(C)(C)C. The summed E-state index contributed by atoms with van der Waals surface area (Å²) < 4.78 is 5.40. The van der Waals surface area contributed by atoms with E-state index in [1.54, 1.807) is 4.90 Å². The Morgan fingerprint density at radius 3 is 2.61 bits per heavy atom. The fraction of sp³-hybridized carbons (Fsp3) is 0.611. The molecule has 0 aliphatic heterocycles. The molecule has 0 aliphatic carbocycles. The van der Waals surface area contributed by atoms with Crippen LogP contribution in [0.3, 0.4) is 0 Å². The summed E-state index contributed by atoms with van der Waals surface area (Å²) in [4.78, 5) is 13.8. The van der Waals surface area contributed by atoms with Crippen LogP contribution in [0.2, 0.25) is 5.02 Å². The predicted molar refractivity (Wildman–Crippen MR) is 96.0 cm³/mol. The Bertz CT molecular complexity index is 512. The third kappa shape index (κ3) is 7.71. The quantitative estimate of drug-likeness (QED) is 0.749. The molecule has 0 heterocycles. The highest BCUT2D eigenvalue weighted by atomic mass is 35.5. The van der Waals surface area contributed by atoms with E-state index in [2.05, 4.69) is 12.2 Å². The Morgan fingerprint density at radius 1 is 1.35 bits per heavy atom. The van der Waals surface area contributed by atoms with Crippen molar-refractivity contribution in [3.8, 4) is 0 Å². The number of carbonyl (C=O) groups is 1. The van der Waals surface area contributed by atoms with Crippen LogP contribution in [0.4, 0.5) is 4.79 Å². The van der Waals surface area contributed by atoms with Crippen molar-refractivity contribution in [2.75, 3.05) is 19.6 Å². The van der Waals surface area contributed by atoms with E-state index in [0.717, 1.165) is 24.5 Å². The van der Waals surface area contributed by atoms with Gasteiger partial charge in [0.1, 0.15) is 5.60 Å². The Morgan fingerprint density at radius 2 is 2.04 bits per heavy atom. The topological polar surface area (TPSA) is 41.6 Å². The molecule has 1 rings (SSSR count). The van der Waals surface area contributed by atoms with Gasteiger partial charge >= 0.3 is 6.09 Å². The number of rotatable bonds is 7. The van der Waals surface area contributed by atoms with Gasteiger partial charge in [-0.1, -0.05) is 17.7 Å². The van der Waals surface area contributed by atoms with Crippen LogP contribution < -0.4 is 5.32 Å². The van der Waals surface area contributed by atoms with E-state index in [1.807, 2.05) is 45.9 Å². The molecule has 0 bridgehead atoms. The van der Waals surface area contributed by atoms with Gasteiger partial charge < -0.3 is 15.0 Å². The molecule has 0 spiro atoms. The molecular weight excluding hydrogens is 312 g/mol. The number of nitrogens with one attached hydrogen (secondary N) is 1. The summed E-state index contributed by atoms with van der Waals surface area (Å²) in [6.45, 7) is 12.7. The summed E-state index contributed by atoms with van der Waals surface area (Å²) in [7, 11) is 0. The van der Waals surface area contributed by atoms with Crippen molar-refractivity contribution >= 4 is 17.7 Å². The van der Waals surface area contributed by atoms with E-state index >= 15 is 0 Å². The lowest BCUT2D eigenvalue weighted by molar-refractivity contribution is 0.0258. The Hall–Kier alpha value is -1.26. The van der Waals surface area contributed by atoms with Gasteiger partial charge in [-0.25, -0.2) is 4.79 Å². The van der Waals surface area contributed by atoms with Crippen molar-refractivity contribution in [1.29, 1.82) is 0 Å². The van der Waals surface area contributed by atoms with Crippen LogP contribution in [-0.2, 0) is 11.3 Å². The van der Waals surface area contributed by atoms with Gasteiger partial charge in [0.2, 0.25) is 0 Å². The number of carbonyl (C=O) groups excluding carboxylic acids is 1. The van der Waals surface area contributed by atoms with Gasteiger partial charge in [0, 0.05) is 24.7 Å².